The number of amides is 1. The molecule has 0 aromatic heterocycles. The van der Waals surface area contributed by atoms with E-state index in [0.717, 1.165) is 18.2 Å². The smallest absolute Gasteiger partial charge is 0.262 e. The molecule has 130 valence electrons. The van der Waals surface area contributed by atoms with Crippen LogP contribution in [0.5, 0.6) is 5.75 Å². The van der Waals surface area contributed by atoms with Gasteiger partial charge in [-0.25, -0.2) is 13.2 Å². The molecule has 0 unspecified atom stereocenters. The molecule has 0 aliphatic heterocycles. The van der Waals surface area contributed by atoms with Gasteiger partial charge in [0.1, 0.15) is 28.9 Å². The van der Waals surface area contributed by atoms with Crippen molar-refractivity contribution < 1.29 is 27.5 Å². The van der Waals surface area contributed by atoms with Crippen LogP contribution in [0.4, 0.5) is 18.9 Å². The van der Waals surface area contributed by atoms with Gasteiger partial charge in [-0.15, -0.1) is 0 Å². The molecule has 0 bridgehead atoms. The predicted octanol–water partition coefficient (Wildman–Crippen LogP) is 3.81. The molecule has 0 radical (unpaired) electrons. The molecule has 1 amide bonds. The summed E-state index contributed by atoms with van der Waals surface area (Å²) < 4.78 is 46.2. The SMILES string of the molecule is C[C@@H]1CC(=O)c2c(OCC(=O)Nc3c(F)cccc3F)ccc(F)c21. The summed E-state index contributed by atoms with van der Waals surface area (Å²) in [4.78, 5) is 23.9. The lowest BCUT2D eigenvalue weighted by Crippen LogP contribution is -2.22. The molecule has 0 heterocycles. The number of Topliss-reactive ketones (excluding diaryl/α,β-unsaturated/α-hetero) is 1. The molecule has 1 aliphatic rings. The summed E-state index contributed by atoms with van der Waals surface area (Å²) in [7, 11) is 0. The number of hydrogen-bond acceptors (Lipinski definition) is 3. The zero-order valence-electron chi connectivity index (χ0n) is 13.2. The number of para-hydroxylation sites is 1. The first kappa shape index (κ1) is 17.0. The maximum Gasteiger partial charge on any atom is 0.262 e. The zero-order chi connectivity index (χ0) is 18.1. The van der Waals surface area contributed by atoms with Gasteiger partial charge in [0.15, 0.2) is 12.4 Å². The Morgan fingerprint density at radius 3 is 2.52 bits per heavy atom. The number of carbonyl (C=O) groups excluding carboxylic acids is 2. The van der Waals surface area contributed by atoms with Gasteiger partial charge in [0.25, 0.3) is 5.91 Å². The minimum Gasteiger partial charge on any atom is -0.483 e. The van der Waals surface area contributed by atoms with Gasteiger partial charge in [0.2, 0.25) is 0 Å². The fourth-order valence-corrected chi connectivity index (χ4v) is 2.88. The van der Waals surface area contributed by atoms with Gasteiger partial charge in [-0.2, -0.15) is 0 Å². The van der Waals surface area contributed by atoms with E-state index in [9.17, 15) is 22.8 Å². The molecule has 1 aliphatic carbocycles. The maximum absolute atomic E-state index is 13.9. The fraction of sp³-hybridized carbons (Fsp3) is 0.222. The van der Waals surface area contributed by atoms with Crippen LogP contribution in [0.2, 0.25) is 0 Å². The van der Waals surface area contributed by atoms with Crippen molar-refractivity contribution in [2.75, 3.05) is 11.9 Å². The van der Waals surface area contributed by atoms with Gasteiger partial charge in [0.05, 0.1) is 5.56 Å². The highest BCUT2D eigenvalue weighted by Crippen LogP contribution is 2.39. The highest BCUT2D eigenvalue weighted by Gasteiger charge is 2.32. The minimum atomic E-state index is -0.917. The van der Waals surface area contributed by atoms with E-state index in [1.165, 1.54) is 12.1 Å². The summed E-state index contributed by atoms with van der Waals surface area (Å²) in [6, 6.07) is 5.61. The van der Waals surface area contributed by atoms with Gasteiger partial charge >= 0.3 is 0 Å². The second-order valence-electron chi connectivity index (χ2n) is 5.80. The second kappa shape index (κ2) is 6.58. The molecule has 4 nitrogen and oxygen atoms in total. The van der Waals surface area contributed by atoms with Crippen LogP contribution in [0.15, 0.2) is 30.3 Å². The average Bonchev–Trinajstić information content (AvgIpc) is 2.86. The Morgan fingerprint density at radius 1 is 1.16 bits per heavy atom. The number of nitrogens with one attached hydrogen (secondary N) is 1. The Morgan fingerprint density at radius 2 is 1.84 bits per heavy atom. The number of halogens is 3. The Bertz CT molecular complexity index is 847. The van der Waals surface area contributed by atoms with E-state index in [4.69, 9.17) is 4.74 Å². The van der Waals surface area contributed by atoms with Crippen LogP contribution >= 0.6 is 0 Å². The maximum atomic E-state index is 13.9. The summed E-state index contributed by atoms with van der Waals surface area (Å²) in [6.45, 7) is 1.15. The topological polar surface area (TPSA) is 55.4 Å². The van der Waals surface area contributed by atoms with E-state index in [1.54, 1.807) is 6.92 Å². The summed E-state index contributed by atoms with van der Waals surface area (Å²) in [6.07, 6.45) is 0.166. The summed E-state index contributed by atoms with van der Waals surface area (Å²) >= 11 is 0. The largest absolute Gasteiger partial charge is 0.483 e. The Labute approximate surface area is 141 Å². The molecule has 25 heavy (non-hydrogen) atoms. The van der Waals surface area contributed by atoms with Crippen molar-refractivity contribution in [3.05, 3.63) is 58.9 Å². The van der Waals surface area contributed by atoms with Crippen LogP contribution in [0, 0.1) is 17.5 Å². The van der Waals surface area contributed by atoms with E-state index in [2.05, 4.69) is 5.32 Å². The monoisotopic (exact) mass is 349 g/mol. The highest BCUT2D eigenvalue weighted by molar-refractivity contribution is 6.04. The van der Waals surface area contributed by atoms with Crippen LogP contribution in [-0.2, 0) is 4.79 Å². The number of carbonyl (C=O) groups is 2. The van der Waals surface area contributed by atoms with E-state index in [1.807, 2.05) is 0 Å². The normalized spacial score (nSPS) is 15.8. The molecule has 0 fully saturated rings. The van der Waals surface area contributed by atoms with E-state index in [-0.39, 0.29) is 35.0 Å². The number of anilines is 1. The Balaban J connectivity index is 1.75. The third-order valence-electron chi connectivity index (χ3n) is 4.00. The minimum absolute atomic E-state index is 0.0786. The fourth-order valence-electron chi connectivity index (χ4n) is 2.88. The summed E-state index contributed by atoms with van der Waals surface area (Å²) in [5, 5.41) is 2.07. The van der Waals surface area contributed by atoms with Crippen molar-refractivity contribution in [3.63, 3.8) is 0 Å². The number of fused-ring (bicyclic) bond motifs is 1. The molecule has 2 aromatic carbocycles. The first-order valence-corrected chi connectivity index (χ1v) is 7.60. The summed E-state index contributed by atoms with van der Waals surface area (Å²) in [5.41, 5.74) is -0.189. The number of benzene rings is 2. The van der Waals surface area contributed by atoms with Gasteiger partial charge in [-0.3, -0.25) is 9.59 Å². The second-order valence-corrected chi connectivity index (χ2v) is 5.80. The van der Waals surface area contributed by atoms with E-state index in [0.29, 0.717) is 0 Å². The summed E-state index contributed by atoms with van der Waals surface area (Å²) in [5.74, 6) is -3.60. The first-order valence-electron chi connectivity index (χ1n) is 7.60. The number of rotatable bonds is 4. The molecule has 0 saturated carbocycles. The van der Waals surface area contributed by atoms with Crippen LogP contribution in [0.3, 0.4) is 0 Å². The molecule has 2 aromatic rings. The standard InChI is InChI=1S/C18H14F3NO3/c1-9-7-13(23)17-14(6-5-10(19)16(9)17)25-8-15(24)22-18-11(20)3-2-4-12(18)21/h2-6,9H,7-8H2,1H3,(H,22,24)/t9-/m1/s1. The molecular weight excluding hydrogens is 335 g/mol. The Kier molecular flexibility index (Phi) is 4.48. The lowest BCUT2D eigenvalue weighted by molar-refractivity contribution is -0.118. The third kappa shape index (κ3) is 3.22. The predicted molar refractivity (Wildman–Crippen MR) is 84.2 cm³/mol. The van der Waals surface area contributed by atoms with E-state index >= 15 is 0 Å². The molecule has 0 saturated heterocycles. The first-order chi connectivity index (χ1) is 11.9. The van der Waals surface area contributed by atoms with Crippen LogP contribution < -0.4 is 10.1 Å². The van der Waals surface area contributed by atoms with Crippen LogP contribution in [-0.4, -0.2) is 18.3 Å². The molecule has 1 N–H and O–H groups in total. The number of ether oxygens (including phenoxy) is 1. The lowest BCUT2D eigenvalue weighted by atomic mass is 10.0. The van der Waals surface area contributed by atoms with Crippen LogP contribution in [0.1, 0.15) is 35.2 Å². The van der Waals surface area contributed by atoms with Crippen molar-refractivity contribution in [2.24, 2.45) is 0 Å². The lowest BCUT2D eigenvalue weighted by Gasteiger charge is -2.12. The van der Waals surface area contributed by atoms with Crippen molar-refractivity contribution in [1.29, 1.82) is 0 Å². The number of ketones is 1. The molecule has 3 rings (SSSR count). The van der Waals surface area contributed by atoms with Crippen molar-refractivity contribution in [3.8, 4) is 5.75 Å². The van der Waals surface area contributed by atoms with Gasteiger partial charge in [-0.05, 0) is 30.2 Å². The average molecular weight is 349 g/mol. The number of hydrogen-bond donors (Lipinski definition) is 1. The van der Waals surface area contributed by atoms with Crippen LogP contribution in [0.25, 0.3) is 0 Å². The van der Waals surface area contributed by atoms with Gasteiger partial charge < -0.3 is 10.1 Å². The zero-order valence-corrected chi connectivity index (χ0v) is 13.2. The van der Waals surface area contributed by atoms with Crippen molar-refractivity contribution >= 4 is 17.4 Å². The molecule has 7 heteroatoms. The quantitative estimate of drug-likeness (QED) is 0.913. The van der Waals surface area contributed by atoms with Crippen molar-refractivity contribution in [1.82, 2.24) is 0 Å². The molecule has 1 atom stereocenters. The molecular formula is C18H14F3NO3. The third-order valence-corrected chi connectivity index (χ3v) is 4.00. The highest BCUT2D eigenvalue weighted by atomic mass is 19.1. The Hall–Kier alpha value is -2.83. The van der Waals surface area contributed by atoms with Gasteiger partial charge in [-0.1, -0.05) is 13.0 Å². The van der Waals surface area contributed by atoms with Gasteiger partial charge in [0, 0.05) is 12.0 Å². The van der Waals surface area contributed by atoms with Crippen molar-refractivity contribution in [2.45, 2.75) is 19.3 Å². The van der Waals surface area contributed by atoms with E-state index < -0.39 is 35.7 Å². The molecule has 0 spiro atoms.